The van der Waals surface area contributed by atoms with Gasteiger partial charge in [-0.15, -0.1) is 11.3 Å². The smallest absolute Gasteiger partial charge is 0.305 e. The van der Waals surface area contributed by atoms with Gasteiger partial charge < -0.3 is 10.4 Å². The van der Waals surface area contributed by atoms with E-state index in [9.17, 15) is 9.59 Å². The number of carbonyl (C=O) groups is 2. The highest BCUT2D eigenvalue weighted by molar-refractivity contribution is 9.10. The van der Waals surface area contributed by atoms with Crippen LogP contribution >= 0.6 is 27.3 Å². The number of aryl methyl sites for hydroxylation is 1. The minimum atomic E-state index is -0.944. The fourth-order valence-corrected chi connectivity index (χ4v) is 3.26. The van der Waals surface area contributed by atoms with Crippen LogP contribution in [-0.4, -0.2) is 17.0 Å². The summed E-state index contributed by atoms with van der Waals surface area (Å²) in [5.74, 6) is -1.11. The molecule has 0 saturated heterocycles. The minimum absolute atomic E-state index is 0.142. The largest absolute Gasteiger partial charge is 0.481 e. The van der Waals surface area contributed by atoms with Crippen LogP contribution in [0, 0.1) is 6.92 Å². The number of halogens is 1. The van der Waals surface area contributed by atoms with Crippen LogP contribution in [0.5, 0.6) is 0 Å². The van der Waals surface area contributed by atoms with Crippen LogP contribution < -0.4 is 5.32 Å². The summed E-state index contributed by atoms with van der Waals surface area (Å²) in [5, 5.41) is 11.9. The standard InChI is InChI=1S/C16H16BrNO3S/c1-10-2-7-13(22-10)8-15(19)18-14(9-16(20)21)11-3-5-12(17)6-4-11/h2-7,14H,8-9H2,1H3,(H,18,19)(H,20,21). The molecule has 0 aliphatic heterocycles. The van der Waals surface area contributed by atoms with Gasteiger partial charge in [0.2, 0.25) is 5.91 Å². The fourth-order valence-electron chi connectivity index (χ4n) is 2.11. The van der Waals surface area contributed by atoms with Gasteiger partial charge in [-0.1, -0.05) is 28.1 Å². The Kier molecular flexibility index (Phi) is 5.74. The first-order chi connectivity index (χ1) is 10.4. The Bertz CT molecular complexity index is 666. The predicted molar refractivity (Wildman–Crippen MR) is 90.0 cm³/mol. The van der Waals surface area contributed by atoms with E-state index >= 15 is 0 Å². The molecule has 1 aromatic carbocycles. The van der Waals surface area contributed by atoms with Crippen LogP contribution in [0.2, 0.25) is 0 Å². The Morgan fingerprint density at radius 2 is 1.91 bits per heavy atom. The highest BCUT2D eigenvalue weighted by Gasteiger charge is 2.18. The van der Waals surface area contributed by atoms with Crippen molar-refractivity contribution < 1.29 is 14.7 Å². The molecule has 1 aromatic heterocycles. The molecular formula is C16H16BrNO3S. The summed E-state index contributed by atoms with van der Waals surface area (Å²) in [6, 6.07) is 10.7. The number of carbonyl (C=O) groups excluding carboxylic acids is 1. The molecule has 2 rings (SSSR count). The van der Waals surface area contributed by atoms with E-state index in [1.165, 1.54) is 0 Å². The van der Waals surface area contributed by atoms with Crippen molar-refractivity contribution in [3.63, 3.8) is 0 Å². The summed E-state index contributed by atoms with van der Waals surface area (Å²) in [5.41, 5.74) is 0.779. The molecule has 2 N–H and O–H groups in total. The highest BCUT2D eigenvalue weighted by Crippen LogP contribution is 2.21. The normalized spacial score (nSPS) is 11.9. The summed E-state index contributed by atoms with van der Waals surface area (Å²) in [6.07, 6.45) is 0.127. The maximum Gasteiger partial charge on any atom is 0.305 e. The van der Waals surface area contributed by atoms with Gasteiger partial charge in [0.1, 0.15) is 0 Å². The summed E-state index contributed by atoms with van der Waals surface area (Å²) in [6.45, 7) is 1.99. The molecular weight excluding hydrogens is 366 g/mol. The summed E-state index contributed by atoms with van der Waals surface area (Å²) < 4.78 is 0.908. The van der Waals surface area contributed by atoms with Gasteiger partial charge in [0, 0.05) is 14.2 Å². The summed E-state index contributed by atoms with van der Waals surface area (Å²) in [7, 11) is 0. The van der Waals surface area contributed by atoms with Crippen LogP contribution in [0.25, 0.3) is 0 Å². The Labute approximate surface area is 141 Å². The van der Waals surface area contributed by atoms with Crippen molar-refractivity contribution >= 4 is 39.1 Å². The van der Waals surface area contributed by atoms with Crippen LogP contribution in [0.3, 0.4) is 0 Å². The molecule has 1 amide bonds. The molecule has 22 heavy (non-hydrogen) atoms. The summed E-state index contributed by atoms with van der Waals surface area (Å²) >= 11 is 4.91. The minimum Gasteiger partial charge on any atom is -0.481 e. The van der Waals surface area contributed by atoms with Crippen molar-refractivity contribution in [2.24, 2.45) is 0 Å². The maximum absolute atomic E-state index is 12.1. The van der Waals surface area contributed by atoms with Crippen LogP contribution in [-0.2, 0) is 16.0 Å². The Morgan fingerprint density at radius 1 is 1.23 bits per heavy atom. The van der Waals surface area contributed by atoms with E-state index in [-0.39, 0.29) is 18.7 Å². The topological polar surface area (TPSA) is 66.4 Å². The quantitative estimate of drug-likeness (QED) is 0.801. The van der Waals surface area contributed by atoms with E-state index in [2.05, 4.69) is 21.2 Å². The van der Waals surface area contributed by atoms with Crippen molar-refractivity contribution in [1.29, 1.82) is 0 Å². The van der Waals surface area contributed by atoms with Crippen molar-refractivity contribution in [2.75, 3.05) is 0 Å². The van der Waals surface area contributed by atoms with Gasteiger partial charge in [0.25, 0.3) is 0 Å². The van der Waals surface area contributed by atoms with Gasteiger partial charge in [0.15, 0.2) is 0 Å². The van der Waals surface area contributed by atoms with E-state index in [0.717, 1.165) is 19.8 Å². The van der Waals surface area contributed by atoms with Gasteiger partial charge in [-0.2, -0.15) is 0 Å². The third-order valence-electron chi connectivity index (χ3n) is 3.12. The molecule has 2 aromatic rings. The molecule has 0 radical (unpaired) electrons. The number of rotatable bonds is 6. The average molecular weight is 382 g/mol. The van der Waals surface area contributed by atoms with Crippen LogP contribution in [0.15, 0.2) is 40.9 Å². The second-order valence-corrected chi connectivity index (χ2v) is 7.25. The number of thiophene rings is 1. The van der Waals surface area contributed by atoms with E-state index in [0.29, 0.717) is 0 Å². The SMILES string of the molecule is Cc1ccc(CC(=O)NC(CC(=O)O)c2ccc(Br)cc2)s1. The Balaban J connectivity index is 2.07. The van der Waals surface area contributed by atoms with Gasteiger partial charge in [0.05, 0.1) is 18.9 Å². The fraction of sp³-hybridized carbons (Fsp3) is 0.250. The predicted octanol–water partition coefficient (Wildman–Crippen LogP) is 3.69. The first-order valence-corrected chi connectivity index (χ1v) is 8.37. The molecule has 0 aliphatic carbocycles. The first kappa shape index (κ1) is 16.7. The van der Waals surface area contributed by atoms with E-state index in [1.807, 2.05) is 43.3 Å². The Morgan fingerprint density at radius 3 is 2.45 bits per heavy atom. The molecule has 1 heterocycles. The second-order valence-electron chi connectivity index (χ2n) is 4.96. The van der Waals surface area contributed by atoms with E-state index < -0.39 is 12.0 Å². The molecule has 116 valence electrons. The number of benzene rings is 1. The number of hydrogen-bond donors (Lipinski definition) is 2. The van der Waals surface area contributed by atoms with Gasteiger partial charge in [-0.3, -0.25) is 9.59 Å². The second kappa shape index (κ2) is 7.56. The van der Waals surface area contributed by atoms with E-state index in [4.69, 9.17) is 5.11 Å². The molecule has 1 unspecified atom stereocenters. The van der Waals surface area contributed by atoms with Crippen molar-refractivity contribution in [2.45, 2.75) is 25.8 Å². The summed E-state index contributed by atoms with van der Waals surface area (Å²) in [4.78, 5) is 25.3. The number of nitrogens with one attached hydrogen (secondary N) is 1. The number of carboxylic acid groups (broad SMARTS) is 1. The lowest BCUT2D eigenvalue weighted by Gasteiger charge is -2.17. The lowest BCUT2D eigenvalue weighted by atomic mass is 10.0. The first-order valence-electron chi connectivity index (χ1n) is 6.76. The molecule has 1 atom stereocenters. The highest BCUT2D eigenvalue weighted by atomic mass is 79.9. The lowest BCUT2D eigenvalue weighted by molar-refractivity contribution is -0.137. The third kappa shape index (κ3) is 4.96. The van der Waals surface area contributed by atoms with Crippen molar-refractivity contribution in [1.82, 2.24) is 5.32 Å². The van der Waals surface area contributed by atoms with Gasteiger partial charge in [-0.25, -0.2) is 0 Å². The molecule has 4 nitrogen and oxygen atoms in total. The zero-order valence-electron chi connectivity index (χ0n) is 12.0. The van der Waals surface area contributed by atoms with Crippen LogP contribution in [0.1, 0.15) is 27.8 Å². The van der Waals surface area contributed by atoms with Crippen LogP contribution in [0.4, 0.5) is 0 Å². The van der Waals surface area contributed by atoms with E-state index in [1.54, 1.807) is 11.3 Å². The zero-order chi connectivity index (χ0) is 16.1. The Hall–Kier alpha value is -1.66. The number of hydrogen-bond acceptors (Lipinski definition) is 3. The van der Waals surface area contributed by atoms with Gasteiger partial charge in [-0.05, 0) is 36.8 Å². The lowest BCUT2D eigenvalue weighted by Crippen LogP contribution is -2.31. The monoisotopic (exact) mass is 381 g/mol. The maximum atomic E-state index is 12.1. The number of carboxylic acids is 1. The number of amides is 1. The molecule has 0 fully saturated rings. The zero-order valence-corrected chi connectivity index (χ0v) is 14.4. The number of aliphatic carboxylic acids is 1. The van der Waals surface area contributed by atoms with Crippen molar-refractivity contribution in [3.05, 3.63) is 56.2 Å². The third-order valence-corrected chi connectivity index (χ3v) is 4.65. The molecule has 0 bridgehead atoms. The van der Waals surface area contributed by atoms with Gasteiger partial charge >= 0.3 is 5.97 Å². The molecule has 0 spiro atoms. The average Bonchev–Trinajstić information content (AvgIpc) is 2.83. The van der Waals surface area contributed by atoms with Crippen molar-refractivity contribution in [3.8, 4) is 0 Å². The molecule has 0 aliphatic rings. The molecule has 6 heteroatoms. The molecule has 0 saturated carbocycles.